The topological polar surface area (TPSA) is 76.6 Å². The zero-order valence-corrected chi connectivity index (χ0v) is 19.2. The maximum absolute atomic E-state index is 12.6. The highest BCUT2D eigenvalue weighted by molar-refractivity contribution is 7.14. The normalized spacial score (nSPS) is 16.8. The Balaban J connectivity index is 1.40. The molecule has 2 unspecified atom stereocenters. The number of ether oxygens (including phenoxy) is 1. The number of anilines is 1. The van der Waals surface area contributed by atoms with Crippen molar-refractivity contribution in [2.75, 3.05) is 11.4 Å². The number of hydrogen-bond acceptors (Lipinski definition) is 6. The average Bonchev–Trinajstić information content (AvgIpc) is 3.41. The molecule has 2 atom stereocenters. The fourth-order valence-corrected chi connectivity index (χ4v) is 4.45. The Morgan fingerprint density at radius 3 is 2.53 bits per heavy atom. The number of Topliss-reactive ketones (excluding diaryl/α,β-unsaturated/α-hetero) is 1. The number of benzene rings is 2. The lowest BCUT2D eigenvalue weighted by Crippen LogP contribution is -2.30. The van der Waals surface area contributed by atoms with Crippen LogP contribution in [-0.4, -0.2) is 35.3 Å². The summed E-state index contributed by atoms with van der Waals surface area (Å²) >= 11 is 7.21. The van der Waals surface area contributed by atoms with Gasteiger partial charge in [0.1, 0.15) is 0 Å². The summed E-state index contributed by atoms with van der Waals surface area (Å²) in [6.45, 7) is 3.72. The number of halogens is 1. The van der Waals surface area contributed by atoms with E-state index in [0.29, 0.717) is 15.7 Å². The van der Waals surface area contributed by atoms with Crippen LogP contribution < -0.4 is 4.90 Å². The molecule has 32 heavy (non-hydrogen) atoms. The van der Waals surface area contributed by atoms with Crippen LogP contribution in [0.4, 0.5) is 5.13 Å². The molecule has 3 aromatic rings. The predicted octanol–water partition coefficient (Wildman–Crippen LogP) is 4.94. The van der Waals surface area contributed by atoms with Gasteiger partial charge in [-0.2, -0.15) is 0 Å². The van der Waals surface area contributed by atoms with Gasteiger partial charge < -0.3 is 4.74 Å². The lowest BCUT2D eigenvalue weighted by Gasteiger charge is -2.16. The molecule has 0 bridgehead atoms. The molecular formula is C24H21ClN2O4S. The van der Waals surface area contributed by atoms with Crippen LogP contribution >= 0.6 is 22.9 Å². The van der Waals surface area contributed by atoms with Crippen LogP contribution in [0.2, 0.25) is 5.02 Å². The van der Waals surface area contributed by atoms with Crippen molar-refractivity contribution >= 4 is 45.7 Å². The number of esters is 1. The summed E-state index contributed by atoms with van der Waals surface area (Å²) in [4.78, 5) is 43.8. The first-order valence-electron chi connectivity index (χ1n) is 10.1. The molecule has 1 aliphatic rings. The summed E-state index contributed by atoms with van der Waals surface area (Å²) in [5.41, 5.74) is 3.32. The van der Waals surface area contributed by atoms with Crippen LogP contribution in [0, 0.1) is 12.8 Å². The Kier molecular flexibility index (Phi) is 6.39. The van der Waals surface area contributed by atoms with Crippen molar-refractivity contribution in [3.05, 3.63) is 70.1 Å². The van der Waals surface area contributed by atoms with Gasteiger partial charge >= 0.3 is 5.97 Å². The molecule has 2 aromatic carbocycles. The standard InChI is InChI=1S/C24H21ClN2O4S/c1-14-3-5-16(6-4-14)20-13-32-24(26-20)27-12-18(11-21(27)28)23(30)31-15(2)22(29)17-7-9-19(25)10-8-17/h3-10,13,15,18H,11-12H2,1-2H3. The van der Waals surface area contributed by atoms with E-state index in [1.807, 2.05) is 36.6 Å². The number of carbonyl (C=O) groups excluding carboxylic acids is 3. The van der Waals surface area contributed by atoms with Crippen molar-refractivity contribution in [2.24, 2.45) is 5.92 Å². The third kappa shape index (κ3) is 4.74. The molecule has 1 aliphatic heterocycles. The number of hydrogen-bond donors (Lipinski definition) is 0. The number of aromatic nitrogens is 1. The van der Waals surface area contributed by atoms with E-state index in [1.165, 1.54) is 23.2 Å². The fraction of sp³-hybridized carbons (Fsp3) is 0.250. The molecule has 0 radical (unpaired) electrons. The summed E-state index contributed by atoms with van der Waals surface area (Å²) in [5.74, 6) is -1.71. The van der Waals surface area contributed by atoms with Crippen molar-refractivity contribution < 1.29 is 19.1 Å². The molecule has 4 rings (SSSR count). The monoisotopic (exact) mass is 468 g/mol. The number of carbonyl (C=O) groups is 3. The molecule has 1 saturated heterocycles. The molecular weight excluding hydrogens is 448 g/mol. The van der Waals surface area contributed by atoms with E-state index in [1.54, 1.807) is 24.3 Å². The number of amides is 1. The van der Waals surface area contributed by atoms with Crippen LogP contribution in [0.3, 0.4) is 0 Å². The van der Waals surface area contributed by atoms with Crippen LogP contribution in [0.25, 0.3) is 11.3 Å². The smallest absolute Gasteiger partial charge is 0.312 e. The summed E-state index contributed by atoms with van der Waals surface area (Å²) < 4.78 is 5.38. The SMILES string of the molecule is Cc1ccc(-c2csc(N3CC(C(=O)OC(C)C(=O)c4ccc(Cl)cc4)CC3=O)n2)cc1. The van der Waals surface area contributed by atoms with E-state index >= 15 is 0 Å². The fourth-order valence-electron chi connectivity index (χ4n) is 3.47. The zero-order chi connectivity index (χ0) is 22.8. The van der Waals surface area contributed by atoms with Crippen LogP contribution in [-0.2, 0) is 14.3 Å². The minimum absolute atomic E-state index is 0.0279. The first kappa shape index (κ1) is 22.2. The zero-order valence-electron chi connectivity index (χ0n) is 17.6. The highest BCUT2D eigenvalue weighted by atomic mass is 35.5. The number of ketones is 1. The van der Waals surface area contributed by atoms with E-state index in [9.17, 15) is 14.4 Å². The van der Waals surface area contributed by atoms with Gasteiger partial charge in [0.05, 0.1) is 11.6 Å². The van der Waals surface area contributed by atoms with Crippen molar-refractivity contribution in [1.82, 2.24) is 4.98 Å². The lowest BCUT2D eigenvalue weighted by molar-refractivity contribution is -0.151. The van der Waals surface area contributed by atoms with Gasteiger partial charge in [0.25, 0.3) is 0 Å². The van der Waals surface area contributed by atoms with Gasteiger partial charge in [0.15, 0.2) is 11.2 Å². The third-order valence-electron chi connectivity index (χ3n) is 5.32. The second-order valence-electron chi connectivity index (χ2n) is 7.74. The molecule has 8 heteroatoms. The number of rotatable bonds is 6. The van der Waals surface area contributed by atoms with Gasteiger partial charge in [-0.25, -0.2) is 4.98 Å². The maximum Gasteiger partial charge on any atom is 0.312 e. The van der Waals surface area contributed by atoms with Crippen molar-refractivity contribution in [2.45, 2.75) is 26.4 Å². The van der Waals surface area contributed by atoms with E-state index in [-0.39, 0.29) is 24.7 Å². The number of nitrogens with zero attached hydrogens (tertiary/aromatic N) is 2. The molecule has 0 aliphatic carbocycles. The van der Waals surface area contributed by atoms with Gasteiger partial charge in [-0.05, 0) is 38.1 Å². The minimum atomic E-state index is -0.958. The van der Waals surface area contributed by atoms with Crippen LogP contribution in [0.1, 0.15) is 29.3 Å². The maximum atomic E-state index is 12.6. The van der Waals surface area contributed by atoms with Crippen molar-refractivity contribution in [1.29, 1.82) is 0 Å². The summed E-state index contributed by atoms with van der Waals surface area (Å²) in [6, 6.07) is 14.4. The Bertz CT molecular complexity index is 1160. The highest BCUT2D eigenvalue weighted by Crippen LogP contribution is 2.32. The molecule has 0 spiro atoms. The van der Waals surface area contributed by atoms with Gasteiger partial charge in [-0.15, -0.1) is 11.3 Å². The van der Waals surface area contributed by atoms with Gasteiger partial charge in [-0.3, -0.25) is 19.3 Å². The summed E-state index contributed by atoms with van der Waals surface area (Å²) in [7, 11) is 0. The van der Waals surface area contributed by atoms with Gasteiger partial charge in [0.2, 0.25) is 11.7 Å². The van der Waals surface area contributed by atoms with Gasteiger partial charge in [0, 0.05) is 34.5 Å². The second kappa shape index (κ2) is 9.22. The molecule has 0 N–H and O–H groups in total. The Morgan fingerprint density at radius 2 is 1.84 bits per heavy atom. The molecule has 164 valence electrons. The van der Waals surface area contributed by atoms with Crippen molar-refractivity contribution in [3.63, 3.8) is 0 Å². The Morgan fingerprint density at radius 1 is 1.16 bits per heavy atom. The van der Waals surface area contributed by atoms with Crippen LogP contribution in [0.5, 0.6) is 0 Å². The highest BCUT2D eigenvalue weighted by Gasteiger charge is 2.38. The van der Waals surface area contributed by atoms with Gasteiger partial charge in [-0.1, -0.05) is 41.4 Å². The summed E-state index contributed by atoms with van der Waals surface area (Å²) in [5, 5.41) is 2.96. The minimum Gasteiger partial charge on any atom is -0.454 e. The van der Waals surface area contributed by atoms with E-state index in [0.717, 1.165) is 16.8 Å². The molecule has 1 fully saturated rings. The van der Waals surface area contributed by atoms with E-state index in [2.05, 4.69) is 4.98 Å². The number of aryl methyl sites for hydroxylation is 1. The Hall–Kier alpha value is -3.03. The summed E-state index contributed by atoms with van der Waals surface area (Å²) in [6.07, 6.45) is -0.930. The predicted molar refractivity (Wildman–Crippen MR) is 124 cm³/mol. The third-order valence-corrected chi connectivity index (χ3v) is 6.44. The van der Waals surface area contributed by atoms with Crippen molar-refractivity contribution in [3.8, 4) is 11.3 Å². The first-order valence-corrected chi connectivity index (χ1v) is 11.4. The molecule has 6 nitrogen and oxygen atoms in total. The van der Waals surface area contributed by atoms with Crippen LogP contribution in [0.15, 0.2) is 53.9 Å². The second-order valence-corrected chi connectivity index (χ2v) is 9.01. The Labute approximate surface area is 194 Å². The quantitative estimate of drug-likeness (QED) is 0.378. The molecule has 1 aromatic heterocycles. The van der Waals surface area contributed by atoms with E-state index < -0.39 is 18.0 Å². The number of thiazole rings is 1. The van der Waals surface area contributed by atoms with E-state index in [4.69, 9.17) is 16.3 Å². The molecule has 1 amide bonds. The average molecular weight is 469 g/mol. The largest absolute Gasteiger partial charge is 0.454 e. The first-order chi connectivity index (χ1) is 15.3. The lowest BCUT2D eigenvalue weighted by atomic mass is 10.1. The molecule has 0 saturated carbocycles. The molecule has 2 heterocycles.